The quantitative estimate of drug-likeness (QED) is 0.634. The SMILES string of the molecule is Cc1cncc(C(F)(F)F)c1C=O. The molecule has 1 heterocycles. The van der Waals surface area contributed by atoms with Crippen LogP contribution in [0.25, 0.3) is 0 Å². The summed E-state index contributed by atoms with van der Waals surface area (Å²) in [6.45, 7) is 1.41. The fourth-order valence-corrected chi connectivity index (χ4v) is 0.957. The second-order valence-electron chi connectivity index (χ2n) is 2.53. The van der Waals surface area contributed by atoms with Crippen LogP contribution in [0.4, 0.5) is 13.2 Å². The van der Waals surface area contributed by atoms with Gasteiger partial charge in [0.1, 0.15) is 0 Å². The summed E-state index contributed by atoms with van der Waals surface area (Å²) in [5, 5.41) is 0. The molecule has 2 nitrogen and oxygen atoms in total. The number of rotatable bonds is 1. The highest BCUT2D eigenvalue weighted by Crippen LogP contribution is 2.31. The predicted octanol–water partition coefficient (Wildman–Crippen LogP) is 2.22. The van der Waals surface area contributed by atoms with Crippen molar-refractivity contribution in [2.75, 3.05) is 0 Å². The normalized spacial score (nSPS) is 11.4. The monoisotopic (exact) mass is 189 g/mol. The van der Waals surface area contributed by atoms with E-state index in [-0.39, 0.29) is 17.4 Å². The number of hydrogen-bond donors (Lipinski definition) is 0. The van der Waals surface area contributed by atoms with E-state index in [2.05, 4.69) is 4.98 Å². The molecule has 0 bridgehead atoms. The average molecular weight is 189 g/mol. The summed E-state index contributed by atoms with van der Waals surface area (Å²) < 4.78 is 36.6. The van der Waals surface area contributed by atoms with Gasteiger partial charge in [-0.2, -0.15) is 13.2 Å². The number of halogens is 3. The Morgan fingerprint density at radius 3 is 2.38 bits per heavy atom. The number of carbonyl (C=O) groups is 1. The van der Waals surface area contributed by atoms with Gasteiger partial charge in [-0.1, -0.05) is 0 Å². The van der Waals surface area contributed by atoms with E-state index >= 15 is 0 Å². The Kier molecular flexibility index (Phi) is 2.36. The molecule has 13 heavy (non-hydrogen) atoms. The number of aryl methyl sites for hydroxylation is 1. The van der Waals surface area contributed by atoms with E-state index in [1.54, 1.807) is 0 Å². The van der Waals surface area contributed by atoms with Gasteiger partial charge in [-0.15, -0.1) is 0 Å². The standard InChI is InChI=1S/C8H6F3NO/c1-5-2-12-3-7(6(5)4-13)8(9,10)11/h2-4H,1H3. The molecule has 0 atom stereocenters. The Hall–Kier alpha value is -1.39. The van der Waals surface area contributed by atoms with Crippen LogP contribution in [0.1, 0.15) is 21.5 Å². The summed E-state index contributed by atoms with van der Waals surface area (Å²) in [5.41, 5.74) is -1.10. The lowest BCUT2D eigenvalue weighted by Crippen LogP contribution is -2.10. The summed E-state index contributed by atoms with van der Waals surface area (Å²) in [6.07, 6.45) is -2.45. The highest BCUT2D eigenvalue weighted by molar-refractivity contribution is 5.79. The molecule has 0 saturated carbocycles. The van der Waals surface area contributed by atoms with E-state index in [1.165, 1.54) is 13.1 Å². The fraction of sp³-hybridized carbons (Fsp3) is 0.250. The van der Waals surface area contributed by atoms with Crippen LogP contribution in [0.15, 0.2) is 12.4 Å². The molecule has 0 radical (unpaired) electrons. The van der Waals surface area contributed by atoms with Crippen molar-refractivity contribution in [3.8, 4) is 0 Å². The van der Waals surface area contributed by atoms with Crippen molar-refractivity contribution in [2.24, 2.45) is 0 Å². The molecular formula is C8H6F3NO. The maximum absolute atomic E-state index is 12.2. The minimum absolute atomic E-state index is 0.194. The number of nitrogens with zero attached hydrogens (tertiary/aromatic N) is 1. The lowest BCUT2D eigenvalue weighted by atomic mass is 10.1. The molecule has 0 N–H and O–H groups in total. The van der Waals surface area contributed by atoms with Crippen molar-refractivity contribution in [3.05, 3.63) is 29.1 Å². The minimum Gasteiger partial charge on any atom is -0.298 e. The molecule has 0 unspecified atom stereocenters. The average Bonchev–Trinajstić information content (AvgIpc) is 2.02. The molecule has 0 amide bonds. The zero-order valence-corrected chi connectivity index (χ0v) is 6.72. The van der Waals surface area contributed by atoms with Crippen molar-refractivity contribution < 1.29 is 18.0 Å². The molecule has 0 saturated heterocycles. The van der Waals surface area contributed by atoms with Gasteiger partial charge in [-0.3, -0.25) is 9.78 Å². The van der Waals surface area contributed by atoms with Gasteiger partial charge in [-0.05, 0) is 12.5 Å². The third-order valence-corrected chi connectivity index (χ3v) is 1.61. The van der Waals surface area contributed by atoms with E-state index in [9.17, 15) is 18.0 Å². The van der Waals surface area contributed by atoms with Gasteiger partial charge in [0, 0.05) is 18.0 Å². The molecule has 0 aliphatic carbocycles. The number of aldehydes is 1. The summed E-state index contributed by atoms with van der Waals surface area (Å²) in [6, 6.07) is 0. The highest BCUT2D eigenvalue weighted by Gasteiger charge is 2.34. The van der Waals surface area contributed by atoms with Crippen LogP contribution in [0, 0.1) is 6.92 Å². The Bertz CT molecular complexity index is 333. The minimum atomic E-state index is -4.52. The third kappa shape index (κ3) is 1.85. The van der Waals surface area contributed by atoms with Crippen molar-refractivity contribution in [1.82, 2.24) is 4.98 Å². The molecule has 0 aliphatic heterocycles. The van der Waals surface area contributed by atoms with Crippen LogP contribution in [-0.4, -0.2) is 11.3 Å². The second kappa shape index (κ2) is 3.16. The van der Waals surface area contributed by atoms with Gasteiger partial charge in [0.2, 0.25) is 0 Å². The lowest BCUT2D eigenvalue weighted by Gasteiger charge is -2.09. The van der Waals surface area contributed by atoms with E-state index in [4.69, 9.17) is 0 Å². The molecule has 1 rings (SSSR count). The summed E-state index contributed by atoms with van der Waals surface area (Å²) in [4.78, 5) is 13.7. The van der Waals surface area contributed by atoms with E-state index in [0.29, 0.717) is 6.20 Å². The van der Waals surface area contributed by atoms with Crippen molar-refractivity contribution in [1.29, 1.82) is 0 Å². The van der Waals surface area contributed by atoms with E-state index < -0.39 is 11.7 Å². The zero-order valence-electron chi connectivity index (χ0n) is 6.72. The third-order valence-electron chi connectivity index (χ3n) is 1.61. The van der Waals surface area contributed by atoms with E-state index in [1.807, 2.05) is 0 Å². The van der Waals surface area contributed by atoms with Crippen molar-refractivity contribution >= 4 is 6.29 Å². The highest BCUT2D eigenvalue weighted by atomic mass is 19.4. The van der Waals surface area contributed by atoms with Crippen LogP contribution in [0.2, 0.25) is 0 Å². The molecule has 0 spiro atoms. The molecule has 70 valence electrons. The lowest BCUT2D eigenvalue weighted by molar-refractivity contribution is -0.138. The zero-order chi connectivity index (χ0) is 10.1. The van der Waals surface area contributed by atoms with Crippen LogP contribution in [-0.2, 0) is 6.18 Å². The van der Waals surface area contributed by atoms with Crippen LogP contribution in [0.3, 0.4) is 0 Å². The second-order valence-corrected chi connectivity index (χ2v) is 2.53. The first-order valence-corrected chi connectivity index (χ1v) is 3.44. The van der Waals surface area contributed by atoms with Crippen LogP contribution in [0.5, 0.6) is 0 Å². The molecular weight excluding hydrogens is 183 g/mol. The molecule has 0 aromatic carbocycles. The topological polar surface area (TPSA) is 30.0 Å². The maximum atomic E-state index is 12.2. The predicted molar refractivity (Wildman–Crippen MR) is 39.4 cm³/mol. The summed E-state index contributed by atoms with van der Waals surface area (Å²) in [5.74, 6) is 0. The Morgan fingerprint density at radius 1 is 1.38 bits per heavy atom. The van der Waals surface area contributed by atoms with Crippen LogP contribution < -0.4 is 0 Å². The molecule has 1 aromatic heterocycles. The summed E-state index contributed by atoms with van der Waals surface area (Å²) in [7, 11) is 0. The number of hydrogen-bond acceptors (Lipinski definition) is 2. The van der Waals surface area contributed by atoms with Gasteiger partial charge in [0.15, 0.2) is 6.29 Å². The van der Waals surface area contributed by atoms with Gasteiger partial charge in [0.05, 0.1) is 5.56 Å². The Labute approximate surface area is 72.4 Å². The molecule has 5 heteroatoms. The maximum Gasteiger partial charge on any atom is 0.418 e. The Morgan fingerprint density at radius 2 is 2.00 bits per heavy atom. The number of alkyl halides is 3. The first-order valence-electron chi connectivity index (χ1n) is 3.44. The first-order chi connectivity index (χ1) is 5.96. The van der Waals surface area contributed by atoms with E-state index in [0.717, 1.165) is 0 Å². The number of aromatic nitrogens is 1. The first kappa shape index (κ1) is 9.70. The van der Waals surface area contributed by atoms with Gasteiger partial charge in [-0.25, -0.2) is 0 Å². The van der Waals surface area contributed by atoms with Gasteiger partial charge in [0.25, 0.3) is 0 Å². The summed E-state index contributed by atoms with van der Waals surface area (Å²) >= 11 is 0. The van der Waals surface area contributed by atoms with Crippen LogP contribution >= 0.6 is 0 Å². The van der Waals surface area contributed by atoms with Gasteiger partial charge < -0.3 is 0 Å². The van der Waals surface area contributed by atoms with Gasteiger partial charge >= 0.3 is 6.18 Å². The largest absolute Gasteiger partial charge is 0.418 e. The van der Waals surface area contributed by atoms with Crippen molar-refractivity contribution in [2.45, 2.75) is 13.1 Å². The molecule has 1 aromatic rings. The Balaban J connectivity index is 3.37. The smallest absolute Gasteiger partial charge is 0.298 e. The number of pyridine rings is 1. The molecule has 0 aliphatic rings. The van der Waals surface area contributed by atoms with Crippen molar-refractivity contribution in [3.63, 3.8) is 0 Å². The molecule has 0 fully saturated rings. The number of carbonyl (C=O) groups excluding carboxylic acids is 1. The fourth-order valence-electron chi connectivity index (χ4n) is 0.957.